The molecule has 0 aliphatic heterocycles. The molecule has 3 aliphatic carbocycles. The van der Waals surface area contributed by atoms with Crippen molar-refractivity contribution in [1.82, 2.24) is 10.2 Å². The fourth-order valence-electron chi connectivity index (χ4n) is 7.38. The van der Waals surface area contributed by atoms with E-state index < -0.39 is 18.2 Å². The van der Waals surface area contributed by atoms with Crippen LogP contribution in [0.4, 0.5) is 0 Å². The van der Waals surface area contributed by atoms with Gasteiger partial charge in [0.2, 0.25) is 11.8 Å². The molecule has 2 saturated carbocycles. The highest BCUT2D eigenvalue weighted by atomic mass is 127. The molecule has 2 fully saturated rings. The molecule has 6 atom stereocenters. The van der Waals surface area contributed by atoms with Gasteiger partial charge in [0, 0.05) is 30.1 Å². The van der Waals surface area contributed by atoms with E-state index in [1.807, 2.05) is 22.6 Å². The molecule has 46 heavy (non-hydrogen) atoms. The Morgan fingerprint density at radius 2 is 1.89 bits per heavy atom. The highest BCUT2D eigenvalue weighted by Crippen LogP contribution is 2.39. The molecule has 0 spiro atoms. The summed E-state index contributed by atoms with van der Waals surface area (Å²) in [7, 11) is 1.47. The summed E-state index contributed by atoms with van der Waals surface area (Å²) in [6, 6.07) is 2.37. The number of hydrogen-bond donors (Lipinski definition) is 3. The maximum Gasteiger partial charge on any atom is 0.249 e. The molecule has 10 nitrogen and oxygen atoms in total. The maximum absolute atomic E-state index is 14.3. The van der Waals surface area contributed by atoms with Crippen LogP contribution in [0.3, 0.4) is 0 Å². The van der Waals surface area contributed by atoms with Crippen molar-refractivity contribution in [1.29, 1.82) is 0 Å². The molecule has 1 aromatic rings. The molecular weight excluding hydrogens is 703 g/mol. The Kier molecular flexibility index (Phi) is 13.7. The van der Waals surface area contributed by atoms with E-state index in [1.54, 1.807) is 23.1 Å². The average Bonchev–Trinajstić information content (AvgIpc) is 3.05. The van der Waals surface area contributed by atoms with E-state index in [1.165, 1.54) is 7.11 Å². The number of hydrogen-bond acceptors (Lipinski definition) is 8. The second-order valence-corrected chi connectivity index (χ2v) is 14.6. The van der Waals surface area contributed by atoms with Gasteiger partial charge in [0.05, 0.1) is 29.4 Å². The largest absolute Gasteiger partial charge is 0.493 e. The van der Waals surface area contributed by atoms with Crippen LogP contribution in [-0.4, -0.2) is 90.5 Å². The molecule has 0 saturated heterocycles. The number of amides is 2. The number of rotatable bonds is 13. The number of aliphatic hydroxyl groups is 2. The Bertz CT molecular complexity index is 1230. The van der Waals surface area contributed by atoms with Crippen LogP contribution in [0, 0.1) is 21.3 Å². The number of benzene rings is 1. The number of aliphatic hydroxyl groups excluding tert-OH is 2. The lowest BCUT2D eigenvalue weighted by Crippen LogP contribution is -2.59. The molecule has 3 N–H and O–H groups in total. The highest BCUT2D eigenvalue weighted by Gasteiger charge is 2.44. The number of carbonyl (C=O) groups excluding carboxylic acids is 3. The van der Waals surface area contributed by atoms with Crippen molar-refractivity contribution in [2.24, 2.45) is 17.8 Å². The smallest absolute Gasteiger partial charge is 0.249 e. The molecule has 2 amide bonds. The quantitative estimate of drug-likeness (QED) is 0.196. The van der Waals surface area contributed by atoms with Crippen molar-refractivity contribution in [2.45, 2.75) is 109 Å². The van der Waals surface area contributed by atoms with Gasteiger partial charge in [0.15, 0.2) is 11.5 Å². The predicted octanol–water partition coefficient (Wildman–Crippen LogP) is 4.67. The summed E-state index contributed by atoms with van der Waals surface area (Å²) in [5.74, 6) is 1.44. The van der Waals surface area contributed by atoms with Crippen LogP contribution in [0.1, 0.15) is 88.9 Å². The highest BCUT2D eigenvalue weighted by molar-refractivity contribution is 14.1. The van der Waals surface area contributed by atoms with Gasteiger partial charge in [-0.05, 0) is 84.2 Å². The van der Waals surface area contributed by atoms with Gasteiger partial charge in [-0.25, -0.2) is 0 Å². The number of carbonyl (C=O) groups is 3. The first-order chi connectivity index (χ1) is 22.1. The van der Waals surface area contributed by atoms with Gasteiger partial charge in [-0.15, -0.1) is 0 Å². The minimum Gasteiger partial charge on any atom is -0.493 e. The third-order valence-corrected chi connectivity index (χ3v) is 10.7. The third kappa shape index (κ3) is 9.02. The number of aldehydes is 1. The number of nitrogens with one attached hydrogen (secondary N) is 1. The molecular formula is C35H51IN2O8. The second-order valence-electron chi connectivity index (χ2n) is 13.4. The van der Waals surface area contributed by atoms with E-state index >= 15 is 0 Å². The van der Waals surface area contributed by atoms with Crippen LogP contribution < -0.4 is 14.8 Å². The molecule has 4 rings (SSSR count). The summed E-state index contributed by atoms with van der Waals surface area (Å²) < 4.78 is 18.9. The van der Waals surface area contributed by atoms with E-state index in [4.69, 9.17) is 14.2 Å². The van der Waals surface area contributed by atoms with Gasteiger partial charge >= 0.3 is 0 Å². The Morgan fingerprint density at radius 1 is 1.15 bits per heavy atom. The lowest BCUT2D eigenvalue weighted by Gasteiger charge is -2.45. The monoisotopic (exact) mass is 754 g/mol. The topological polar surface area (TPSA) is 135 Å². The van der Waals surface area contributed by atoms with Gasteiger partial charge in [-0.1, -0.05) is 46.5 Å². The maximum atomic E-state index is 14.3. The molecule has 0 aromatic heterocycles. The minimum atomic E-state index is -1.16. The van der Waals surface area contributed by atoms with Crippen molar-refractivity contribution in [3.8, 4) is 11.5 Å². The summed E-state index contributed by atoms with van der Waals surface area (Å²) in [5, 5.41) is 24.0. The number of nitrogens with zero attached hydrogens (tertiary/aromatic N) is 1. The van der Waals surface area contributed by atoms with E-state index in [2.05, 4.69) is 26.1 Å². The standard InChI is InChI=1S/C35H51IN2O8/c1-21(2)26-11-10-22(3)14-29(26)45-20-32(41)38(25-8-6-5-7-9-25)28-17-24(35(43)37-12-13-39)18-30(33(28)42)46-34-27(36)15-23(19-40)16-31(34)44-4/h15-16,18-19,21-22,25-26,28-30,33,39,42H,5-14,17,20H2,1-4H3,(H,37,43). The molecule has 256 valence electrons. The van der Waals surface area contributed by atoms with E-state index in [9.17, 15) is 24.6 Å². The van der Waals surface area contributed by atoms with Gasteiger partial charge < -0.3 is 34.6 Å². The first kappa shape index (κ1) is 36.6. The molecule has 0 bridgehead atoms. The molecule has 1 aromatic carbocycles. The summed E-state index contributed by atoms with van der Waals surface area (Å²) in [6.45, 7) is 6.43. The SMILES string of the molecule is COc1cc(C=O)cc(I)c1OC1C=C(C(=O)NCCO)CC(N(C(=O)COC2CC(C)CCC2C(C)C)C2CCCCC2)C1O. The minimum absolute atomic E-state index is 0.00291. The molecule has 6 unspecified atom stereocenters. The average molecular weight is 755 g/mol. The zero-order valence-corrected chi connectivity index (χ0v) is 29.7. The number of halogens is 1. The number of ether oxygens (including phenoxy) is 3. The van der Waals surface area contributed by atoms with Crippen LogP contribution in [0.5, 0.6) is 11.5 Å². The molecule has 11 heteroatoms. The zero-order chi connectivity index (χ0) is 33.4. The van der Waals surface area contributed by atoms with Crippen molar-refractivity contribution in [2.75, 3.05) is 26.9 Å². The Labute approximate surface area is 286 Å². The first-order valence-electron chi connectivity index (χ1n) is 16.8. The Balaban J connectivity index is 1.66. The van der Waals surface area contributed by atoms with E-state index in [0.29, 0.717) is 44.0 Å². The van der Waals surface area contributed by atoms with Gasteiger partial charge in [-0.2, -0.15) is 0 Å². The summed E-state index contributed by atoms with van der Waals surface area (Å²) >= 11 is 2.05. The third-order valence-electron chi connectivity index (χ3n) is 9.85. The van der Waals surface area contributed by atoms with Gasteiger partial charge in [0.1, 0.15) is 25.1 Å². The Morgan fingerprint density at radius 3 is 2.54 bits per heavy atom. The molecule has 0 heterocycles. The van der Waals surface area contributed by atoms with Crippen LogP contribution >= 0.6 is 22.6 Å². The van der Waals surface area contributed by atoms with Crippen LogP contribution in [0.2, 0.25) is 0 Å². The van der Waals surface area contributed by atoms with E-state index in [0.717, 1.165) is 57.7 Å². The van der Waals surface area contributed by atoms with Crippen LogP contribution in [-0.2, 0) is 14.3 Å². The summed E-state index contributed by atoms with van der Waals surface area (Å²) in [4.78, 5) is 40.8. The molecule has 0 radical (unpaired) electrons. The fourth-order valence-corrected chi connectivity index (χ4v) is 8.14. The van der Waals surface area contributed by atoms with Crippen molar-refractivity contribution in [3.05, 3.63) is 32.9 Å². The predicted molar refractivity (Wildman–Crippen MR) is 183 cm³/mol. The second kappa shape index (κ2) is 17.3. The van der Waals surface area contributed by atoms with Crippen molar-refractivity contribution in [3.63, 3.8) is 0 Å². The van der Waals surface area contributed by atoms with Gasteiger partial charge in [0.25, 0.3) is 0 Å². The number of methoxy groups -OCH3 is 1. The van der Waals surface area contributed by atoms with Crippen LogP contribution in [0.15, 0.2) is 23.8 Å². The normalized spacial score (nSPS) is 27.1. The van der Waals surface area contributed by atoms with Crippen LogP contribution in [0.25, 0.3) is 0 Å². The van der Waals surface area contributed by atoms with Crippen molar-refractivity contribution >= 4 is 40.7 Å². The zero-order valence-electron chi connectivity index (χ0n) is 27.6. The van der Waals surface area contributed by atoms with Gasteiger partial charge in [-0.3, -0.25) is 14.4 Å². The fraction of sp³-hybridized carbons (Fsp3) is 0.686. The summed E-state index contributed by atoms with van der Waals surface area (Å²) in [5.41, 5.74) is 0.777. The van der Waals surface area contributed by atoms with Crippen molar-refractivity contribution < 1.29 is 38.8 Å². The molecule has 3 aliphatic rings. The Hall–Kier alpha value is -2.22. The van der Waals surface area contributed by atoms with E-state index in [-0.39, 0.29) is 50.1 Å². The summed E-state index contributed by atoms with van der Waals surface area (Å²) in [6.07, 6.45) is 8.11. The lowest BCUT2D eigenvalue weighted by atomic mass is 9.75. The lowest BCUT2D eigenvalue weighted by molar-refractivity contribution is -0.153. The first-order valence-corrected chi connectivity index (χ1v) is 17.9.